The van der Waals surface area contributed by atoms with E-state index in [2.05, 4.69) is 52.6 Å². The molecule has 0 aliphatic carbocycles. The third-order valence-corrected chi connectivity index (χ3v) is 4.28. The van der Waals surface area contributed by atoms with Crippen LogP contribution in [0, 0.1) is 6.92 Å². The molecule has 0 unspecified atom stereocenters. The van der Waals surface area contributed by atoms with Crippen molar-refractivity contribution in [3.63, 3.8) is 0 Å². The molecule has 0 amide bonds. The first-order chi connectivity index (χ1) is 12.7. The maximum Gasteiger partial charge on any atom is 0.224 e. The smallest absolute Gasteiger partial charge is 0.224 e. The topological polar surface area (TPSA) is 59.1 Å². The van der Waals surface area contributed by atoms with E-state index in [-0.39, 0.29) is 0 Å². The van der Waals surface area contributed by atoms with Crippen LogP contribution in [-0.4, -0.2) is 17.1 Å². The summed E-state index contributed by atoms with van der Waals surface area (Å²) >= 11 is 0. The van der Waals surface area contributed by atoms with Crippen molar-refractivity contribution in [2.45, 2.75) is 26.8 Å². The van der Waals surface area contributed by atoms with E-state index in [1.54, 1.807) is 13.3 Å². The minimum absolute atomic E-state index is 0.576. The fraction of sp³-hybridized carbons (Fsp3) is 0.238. The molecule has 5 heteroatoms. The van der Waals surface area contributed by atoms with Crippen LogP contribution in [0.2, 0.25) is 0 Å². The number of hydrogen-bond acceptors (Lipinski definition) is 5. The van der Waals surface area contributed by atoms with Gasteiger partial charge in [0.05, 0.1) is 7.11 Å². The number of methoxy groups -OCH3 is 1. The average Bonchev–Trinajstić information content (AvgIpc) is 2.68. The molecule has 26 heavy (non-hydrogen) atoms. The molecule has 1 heterocycles. The summed E-state index contributed by atoms with van der Waals surface area (Å²) in [6.07, 6.45) is 2.72. The standard InChI is InChI=1S/C21H24N4O/c1-4-16-10-7-8-15(2)20(16)24-19-12-13-22-21(25-19)23-14-17-9-5-6-11-18(17)26-3/h5-13H,4,14H2,1-3H3,(H2,22,23,24,25). The third-order valence-electron chi connectivity index (χ3n) is 4.28. The lowest BCUT2D eigenvalue weighted by Crippen LogP contribution is -2.06. The molecule has 0 spiro atoms. The summed E-state index contributed by atoms with van der Waals surface area (Å²) in [5.41, 5.74) is 4.65. The van der Waals surface area contributed by atoms with Crippen molar-refractivity contribution in [2.75, 3.05) is 17.7 Å². The Labute approximate surface area is 154 Å². The Kier molecular flexibility index (Phi) is 5.69. The van der Waals surface area contributed by atoms with Crippen LogP contribution >= 0.6 is 0 Å². The summed E-state index contributed by atoms with van der Waals surface area (Å²) < 4.78 is 5.38. The van der Waals surface area contributed by atoms with Crippen LogP contribution in [-0.2, 0) is 13.0 Å². The first kappa shape index (κ1) is 17.7. The summed E-state index contributed by atoms with van der Waals surface area (Å²) in [6, 6.07) is 16.1. The molecule has 0 radical (unpaired) electrons. The van der Waals surface area contributed by atoms with Crippen molar-refractivity contribution in [3.05, 3.63) is 71.4 Å². The second-order valence-corrected chi connectivity index (χ2v) is 6.02. The molecule has 0 bridgehead atoms. The van der Waals surface area contributed by atoms with Crippen molar-refractivity contribution in [2.24, 2.45) is 0 Å². The zero-order chi connectivity index (χ0) is 18.4. The Morgan fingerprint density at radius 3 is 2.62 bits per heavy atom. The Balaban J connectivity index is 1.75. The molecule has 0 fully saturated rings. The molecule has 3 aromatic rings. The first-order valence-electron chi connectivity index (χ1n) is 8.75. The number of nitrogens with zero attached hydrogens (tertiary/aromatic N) is 2. The van der Waals surface area contributed by atoms with Gasteiger partial charge in [-0.1, -0.05) is 43.3 Å². The van der Waals surface area contributed by atoms with Gasteiger partial charge in [-0.25, -0.2) is 4.98 Å². The zero-order valence-corrected chi connectivity index (χ0v) is 15.4. The van der Waals surface area contributed by atoms with E-state index in [1.165, 1.54) is 11.1 Å². The van der Waals surface area contributed by atoms with Gasteiger partial charge in [0.1, 0.15) is 11.6 Å². The molecule has 2 aromatic carbocycles. The minimum Gasteiger partial charge on any atom is -0.496 e. The summed E-state index contributed by atoms with van der Waals surface area (Å²) in [5.74, 6) is 2.20. The van der Waals surface area contributed by atoms with Crippen molar-refractivity contribution < 1.29 is 4.74 Å². The average molecular weight is 348 g/mol. The molecule has 134 valence electrons. The van der Waals surface area contributed by atoms with Crippen LogP contribution in [0.15, 0.2) is 54.7 Å². The van der Waals surface area contributed by atoms with Crippen molar-refractivity contribution in [1.82, 2.24) is 9.97 Å². The number of benzene rings is 2. The number of ether oxygens (including phenoxy) is 1. The predicted octanol–water partition coefficient (Wildman–Crippen LogP) is 4.71. The number of aryl methyl sites for hydroxylation is 2. The lowest BCUT2D eigenvalue weighted by molar-refractivity contribution is 0.410. The van der Waals surface area contributed by atoms with Gasteiger partial charge in [0, 0.05) is 24.0 Å². The van der Waals surface area contributed by atoms with Crippen molar-refractivity contribution >= 4 is 17.5 Å². The van der Waals surface area contributed by atoms with E-state index in [0.717, 1.165) is 29.2 Å². The van der Waals surface area contributed by atoms with Crippen LogP contribution in [0.4, 0.5) is 17.5 Å². The highest BCUT2D eigenvalue weighted by atomic mass is 16.5. The van der Waals surface area contributed by atoms with Gasteiger partial charge >= 0.3 is 0 Å². The number of rotatable bonds is 7. The zero-order valence-electron chi connectivity index (χ0n) is 15.4. The first-order valence-corrected chi connectivity index (χ1v) is 8.75. The number of nitrogens with one attached hydrogen (secondary N) is 2. The van der Waals surface area contributed by atoms with Gasteiger partial charge in [-0.05, 0) is 36.6 Å². The fourth-order valence-corrected chi connectivity index (χ4v) is 2.87. The van der Waals surface area contributed by atoms with Gasteiger partial charge in [-0.15, -0.1) is 0 Å². The van der Waals surface area contributed by atoms with E-state index in [9.17, 15) is 0 Å². The van der Waals surface area contributed by atoms with Gasteiger partial charge in [0.25, 0.3) is 0 Å². The van der Waals surface area contributed by atoms with Crippen LogP contribution in [0.1, 0.15) is 23.6 Å². The maximum absolute atomic E-state index is 5.38. The van der Waals surface area contributed by atoms with E-state index in [4.69, 9.17) is 4.74 Å². The predicted molar refractivity (Wildman–Crippen MR) is 106 cm³/mol. The lowest BCUT2D eigenvalue weighted by atomic mass is 10.1. The van der Waals surface area contributed by atoms with Gasteiger partial charge in [0.2, 0.25) is 5.95 Å². The molecule has 0 aliphatic rings. The molecule has 1 aromatic heterocycles. The lowest BCUT2D eigenvalue weighted by Gasteiger charge is -2.14. The number of anilines is 3. The SMILES string of the molecule is CCc1cccc(C)c1Nc1ccnc(NCc2ccccc2OC)n1. The monoisotopic (exact) mass is 348 g/mol. The largest absolute Gasteiger partial charge is 0.496 e. The van der Waals surface area contributed by atoms with Crippen LogP contribution in [0.3, 0.4) is 0 Å². The Morgan fingerprint density at radius 1 is 1.00 bits per heavy atom. The number of hydrogen-bond donors (Lipinski definition) is 2. The van der Waals surface area contributed by atoms with E-state index in [0.29, 0.717) is 12.5 Å². The minimum atomic E-state index is 0.576. The van der Waals surface area contributed by atoms with E-state index < -0.39 is 0 Å². The molecule has 5 nitrogen and oxygen atoms in total. The fourth-order valence-electron chi connectivity index (χ4n) is 2.87. The Bertz CT molecular complexity index is 879. The van der Waals surface area contributed by atoms with Crippen LogP contribution in [0.25, 0.3) is 0 Å². The number of aromatic nitrogens is 2. The van der Waals surface area contributed by atoms with Crippen molar-refractivity contribution in [3.8, 4) is 5.75 Å². The third kappa shape index (κ3) is 4.11. The highest BCUT2D eigenvalue weighted by molar-refractivity contribution is 5.65. The summed E-state index contributed by atoms with van der Waals surface area (Å²) in [5, 5.41) is 6.70. The molecule has 0 atom stereocenters. The molecular weight excluding hydrogens is 324 g/mol. The molecule has 0 saturated carbocycles. The van der Waals surface area contributed by atoms with Gasteiger partial charge in [-0.3, -0.25) is 0 Å². The van der Waals surface area contributed by atoms with Gasteiger partial charge < -0.3 is 15.4 Å². The summed E-state index contributed by atoms with van der Waals surface area (Å²) in [4.78, 5) is 8.89. The summed E-state index contributed by atoms with van der Waals surface area (Å²) in [6.45, 7) is 4.85. The second-order valence-electron chi connectivity index (χ2n) is 6.02. The highest BCUT2D eigenvalue weighted by Gasteiger charge is 2.07. The second kappa shape index (κ2) is 8.34. The molecule has 2 N–H and O–H groups in total. The van der Waals surface area contributed by atoms with Gasteiger partial charge in [-0.2, -0.15) is 4.98 Å². The van der Waals surface area contributed by atoms with Crippen molar-refractivity contribution in [1.29, 1.82) is 0 Å². The normalized spacial score (nSPS) is 10.4. The number of para-hydroxylation sites is 2. The molecule has 0 aliphatic heterocycles. The van der Waals surface area contributed by atoms with Gasteiger partial charge in [0.15, 0.2) is 0 Å². The van der Waals surface area contributed by atoms with Crippen LogP contribution in [0.5, 0.6) is 5.75 Å². The molecule has 0 saturated heterocycles. The van der Waals surface area contributed by atoms with Crippen LogP contribution < -0.4 is 15.4 Å². The quantitative estimate of drug-likeness (QED) is 0.647. The Morgan fingerprint density at radius 2 is 1.81 bits per heavy atom. The van der Waals surface area contributed by atoms with E-state index >= 15 is 0 Å². The van der Waals surface area contributed by atoms with E-state index in [1.807, 2.05) is 30.3 Å². The summed E-state index contributed by atoms with van der Waals surface area (Å²) in [7, 11) is 1.67. The maximum atomic E-state index is 5.38. The molecule has 3 rings (SSSR count). The highest BCUT2D eigenvalue weighted by Crippen LogP contribution is 2.25. The molecular formula is C21H24N4O. The Hall–Kier alpha value is -3.08.